The summed E-state index contributed by atoms with van der Waals surface area (Å²) in [7, 11) is 0. The zero-order chi connectivity index (χ0) is 9.84. The molecule has 1 N–H and O–H groups in total. The average Bonchev–Trinajstić information content (AvgIpc) is 2.17. The van der Waals surface area contributed by atoms with Crippen LogP contribution in [0.5, 0.6) is 5.75 Å². The molecule has 0 fully saturated rings. The highest BCUT2D eigenvalue weighted by Crippen LogP contribution is 2.29. The minimum atomic E-state index is 0.131. The Hall–Kier alpha value is -1.31. The molecule has 0 heterocycles. The summed E-state index contributed by atoms with van der Waals surface area (Å²) in [5.74, 6) is 0.423. The monoisotopic (exact) mass is 178 g/mol. The molecular formula is C11H14O2. The first kappa shape index (κ1) is 9.78. The van der Waals surface area contributed by atoms with Crippen LogP contribution in [0.15, 0.2) is 18.2 Å². The highest BCUT2D eigenvalue weighted by Gasteiger charge is 2.10. The number of para-hydroxylation sites is 1. The molecule has 13 heavy (non-hydrogen) atoms. The van der Waals surface area contributed by atoms with Gasteiger partial charge in [0.25, 0.3) is 0 Å². The van der Waals surface area contributed by atoms with Crippen LogP contribution in [0, 0.1) is 0 Å². The summed E-state index contributed by atoms with van der Waals surface area (Å²) in [5, 5.41) is 9.66. The van der Waals surface area contributed by atoms with E-state index in [1.165, 1.54) is 0 Å². The van der Waals surface area contributed by atoms with Crippen LogP contribution >= 0.6 is 0 Å². The van der Waals surface area contributed by atoms with Gasteiger partial charge in [-0.3, -0.25) is 4.79 Å². The van der Waals surface area contributed by atoms with Crippen LogP contribution in [0.1, 0.15) is 42.1 Å². The molecule has 1 rings (SSSR count). The highest BCUT2D eigenvalue weighted by atomic mass is 16.3. The predicted molar refractivity (Wildman–Crippen MR) is 52.2 cm³/mol. The van der Waals surface area contributed by atoms with Crippen LogP contribution in [0.2, 0.25) is 0 Å². The molecular weight excluding hydrogens is 164 g/mol. The van der Waals surface area contributed by atoms with Crippen LogP contribution in [-0.2, 0) is 0 Å². The Balaban J connectivity index is 3.15. The number of aldehydes is 1. The third-order valence-electron chi connectivity index (χ3n) is 2.37. The van der Waals surface area contributed by atoms with Gasteiger partial charge in [0.05, 0.1) is 5.56 Å². The highest BCUT2D eigenvalue weighted by molar-refractivity contribution is 5.80. The number of rotatable bonds is 3. The van der Waals surface area contributed by atoms with Crippen LogP contribution in [0.3, 0.4) is 0 Å². The second kappa shape index (κ2) is 4.08. The van der Waals surface area contributed by atoms with E-state index < -0.39 is 0 Å². The molecule has 0 aliphatic carbocycles. The number of carbonyl (C=O) groups is 1. The molecule has 0 amide bonds. The van der Waals surface area contributed by atoms with Gasteiger partial charge in [-0.15, -0.1) is 0 Å². The summed E-state index contributed by atoms with van der Waals surface area (Å²) >= 11 is 0. The van der Waals surface area contributed by atoms with E-state index in [4.69, 9.17) is 0 Å². The van der Waals surface area contributed by atoms with Gasteiger partial charge in [-0.2, -0.15) is 0 Å². The number of carbonyl (C=O) groups excluding carboxylic acids is 1. The van der Waals surface area contributed by atoms with Crippen molar-refractivity contribution in [3.8, 4) is 5.75 Å². The van der Waals surface area contributed by atoms with Crippen molar-refractivity contribution >= 4 is 6.29 Å². The van der Waals surface area contributed by atoms with Crippen molar-refractivity contribution in [3.63, 3.8) is 0 Å². The van der Waals surface area contributed by atoms with Crippen molar-refractivity contribution in [2.24, 2.45) is 0 Å². The van der Waals surface area contributed by atoms with Gasteiger partial charge in [0.15, 0.2) is 6.29 Å². The zero-order valence-electron chi connectivity index (χ0n) is 7.95. The Bertz CT molecular complexity index is 305. The van der Waals surface area contributed by atoms with Gasteiger partial charge >= 0.3 is 0 Å². The van der Waals surface area contributed by atoms with Crippen molar-refractivity contribution in [2.75, 3.05) is 0 Å². The molecule has 0 aromatic heterocycles. The molecule has 0 saturated heterocycles. The van der Waals surface area contributed by atoms with Crippen LogP contribution in [0.4, 0.5) is 0 Å². The Morgan fingerprint density at radius 2 is 2.23 bits per heavy atom. The Kier molecular flexibility index (Phi) is 3.07. The van der Waals surface area contributed by atoms with E-state index in [9.17, 15) is 9.90 Å². The molecule has 0 spiro atoms. The van der Waals surface area contributed by atoms with Gasteiger partial charge < -0.3 is 5.11 Å². The minimum Gasteiger partial charge on any atom is -0.507 e. The van der Waals surface area contributed by atoms with E-state index in [0.717, 1.165) is 12.0 Å². The quantitative estimate of drug-likeness (QED) is 0.722. The summed E-state index contributed by atoms with van der Waals surface area (Å²) < 4.78 is 0. The van der Waals surface area contributed by atoms with E-state index in [-0.39, 0.29) is 5.75 Å². The van der Waals surface area contributed by atoms with Crippen molar-refractivity contribution in [3.05, 3.63) is 29.3 Å². The number of aromatic hydroxyl groups is 1. The van der Waals surface area contributed by atoms with E-state index in [1.807, 2.05) is 13.0 Å². The standard InChI is InChI=1S/C11H14O2/c1-3-8(2)10-6-4-5-9(7-12)11(10)13/h4-8,13H,3H2,1-2H3/t8-/m1/s1. The lowest BCUT2D eigenvalue weighted by molar-refractivity contribution is 0.112. The van der Waals surface area contributed by atoms with Crippen LogP contribution in [0.25, 0.3) is 0 Å². The van der Waals surface area contributed by atoms with Crippen molar-refractivity contribution in [2.45, 2.75) is 26.2 Å². The lowest BCUT2D eigenvalue weighted by atomic mass is 9.96. The normalized spacial score (nSPS) is 12.5. The molecule has 0 radical (unpaired) electrons. The van der Waals surface area contributed by atoms with Crippen molar-refractivity contribution in [1.82, 2.24) is 0 Å². The third kappa shape index (κ3) is 1.89. The van der Waals surface area contributed by atoms with Gasteiger partial charge in [-0.1, -0.05) is 26.0 Å². The van der Waals surface area contributed by atoms with E-state index in [2.05, 4.69) is 6.92 Å². The summed E-state index contributed by atoms with van der Waals surface area (Å²) in [4.78, 5) is 10.5. The molecule has 0 aliphatic heterocycles. The molecule has 70 valence electrons. The minimum absolute atomic E-state index is 0.131. The summed E-state index contributed by atoms with van der Waals surface area (Å²) in [6, 6.07) is 5.27. The maximum absolute atomic E-state index is 10.5. The van der Waals surface area contributed by atoms with Crippen LogP contribution in [-0.4, -0.2) is 11.4 Å². The molecule has 2 nitrogen and oxygen atoms in total. The second-order valence-electron chi connectivity index (χ2n) is 3.21. The Morgan fingerprint density at radius 3 is 2.77 bits per heavy atom. The SMILES string of the molecule is CC[C@@H](C)c1cccc(C=O)c1O. The lowest BCUT2D eigenvalue weighted by Gasteiger charge is -2.11. The fourth-order valence-corrected chi connectivity index (χ4v) is 1.29. The lowest BCUT2D eigenvalue weighted by Crippen LogP contribution is -1.94. The molecule has 0 unspecified atom stereocenters. The molecule has 1 atom stereocenters. The van der Waals surface area contributed by atoms with Gasteiger partial charge in [0.2, 0.25) is 0 Å². The largest absolute Gasteiger partial charge is 0.507 e. The molecule has 0 bridgehead atoms. The van der Waals surface area contributed by atoms with Gasteiger partial charge in [0, 0.05) is 0 Å². The maximum atomic E-state index is 10.5. The Morgan fingerprint density at radius 1 is 1.54 bits per heavy atom. The number of phenolic OH excluding ortho intramolecular Hbond substituents is 1. The van der Waals surface area contributed by atoms with Crippen molar-refractivity contribution < 1.29 is 9.90 Å². The second-order valence-corrected chi connectivity index (χ2v) is 3.21. The number of hydrogen-bond donors (Lipinski definition) is 1. The predicted octanol–water partition coefficient (Wildman–Crippen LogP) is 2.72. The van der Waals surface area contributed by atoms with E-state index in [0.29, 0.717) is 17.8 Å². The first-order valence-electron chi connectivity index (χ1n) is 4.47. The average molecular weight is 178 g/mol. The molecule has 0 saturated carbocycles. The van der Waals surface area contributed by atoms with E-state index in [1.54, 1.807) is 12.1 Å². The topological polar surface area (TPSA) is 37.3 Å². The summed E-state index contributed by atoms with van der Waals surface area (Å²) in [6.07, 6.45) is 1.64. The van der Waals surface area contributed by atoms with Crippen LogP contribution < -0.4 is 0 Å². The van der Waals surface area contributed by atoms with E-state index >= 15 is 0 Å². The van der Waals surface area contributed by atoms with Crippen molar-refractivity contribution in [1.29, 1.82) is 0 Å². The Labute approximate surface area is 78.2 Å². The fraction of sp³-hybridized carbons (Fsp3) is 0.364. The smallest absolute Gasteiger partial charge is 0.153 e. The first-order valence-corrected chi connectivity index (χ1v) is 4.47. The number of benzene rings is 1. The van der Waals surface area contributed by atoms with Gasteiger partial charge in [-0.25, -0.2) is 0 Å². The van der Waals surface area contributed by atoms with Gasteiger partial charge in [0.1, 0.15) is 5.75 Å². The maximum Gasteiger partial charge on any atom is 0.153 e. The third-order valence-corrected chi connectivity index (χ3v) is 2.37. The molecule has 2 heteroatoms. The first-order chi connectivity index (χ1) is 6.20. The molecule has 1 aromatic carbocycles. The molecule has 1 aromatic rings. The number of phenols is 1. The number of hydrogen-bond acceptors (Lipinski definition) is 2. The van der Waals surface area contributed by atoms with Gasteiger partial charge in [-0.05, 0) is 24.0 Å². The summed E-state index contributed by atoms with van der Waals surface area (Å²) in [6.45, 7) is 4.08. The summed E-state index contributed by atoms with van der Waals surface area (Å²) in [5.41, 5.74) is 1.23. The molecule has 0 aliphatic rings. The fourth-order valence-electron chi connectivity index (χ4n) is 1.29. The zero-order valence-corrected chi connectivity index (χ0v) is 7.95.